The van der Waals surface area contributed by atoms with Crippen molar-refractivity contribution in [2.24, 2.45) is 0 Å². The monoisotopic (exact) mass is 305 g/mol. The van der Waals surface area contributed by atoms with Crippen LogP contribution in [0.2, 0.25) is 0 Å². The maximum atomic E-state index is 13.5. The number of aliphatic hydroxyl groups is 1. The van der Waals surface area contributed by atoms with Crippen molar-refractivity contribution in [2.75, 3.05) is 25.4 Å². The van der Waals surface area contributed by atoms with Gasteiger partial charge in [-0.25, -0.2) is 4.39 Å². The third-order valence-corrected chi connectivity index (χ3v) is 4.20. The lowest BCUT2D eigenvalue weighted by atomic mass is 10.2. The Morgan fingerprint density at radius 1 is 0.952 bits per heavy atom. The lowest BCUT2D eigenvalue weighted by Gasteiger charge is -2.21. The Morgan fingerprint density at radius 2 is 1.67 bits per heavy atom. The van der Waals surface area contributed by atoms with E-state index in [0.29, 0.717) is 11.4 Å². The van der Waals surface area contributed by atoms with E-state index in [4.69, 9.17) is 5.11 Å². The van der Waals surface area contributed by atoms with Gasteiger partial charge >= 0.3 is 0 Å². The predicted molar refractivity (Wildman–Crippen MR) is 85.9 cm³/mol. The highest BCUT2D eigenvalue weighted by Gasteiger charge is 2.07. The normalized spacial score (nSPS) is 11.0. The minimum Gasteiger partial charge on any atom is -0.395 e. The molecule has 2 aromatic rings. The van der Waals surface area contributed by atoms with Gasteiger partial charge in [-0.15, -0.1) is 11.8 Å². The molecule has 0 aliphatic rings. The molecular weight excluding hydrogens is 285 g/mol. The van der Waals surface area contributed by atoms with Gasteiger partial charge in [-0.05, 0) is 17.7 Å². The molecule has 0 atom stereocenters. The summed E-state index contributed by atoms with van der Waals surface area (Å²) in [7, 11) is 0. The molecule has 0 amide bonds. The molecule has 4 heteroatoms. The Morgan fingerprint density at radius 3 is 2.38 bits per heavy atom. The predicted octanol–water partition coefficient (Wildman–Crippen LogP) is 3.41. The number of halogens is 1. The molecule has 0 aliphatic carbocycles. The van der Waals surface area contributed by atoms with Crippen molar-refractivity contribution in [3.63, 3.8) is 0 Å². The summed E-state index contributed by atoms with van der Waals surface area (Å²) < 4.78 is 13.5. The first-order valence-electron chi connectivity index (χ1n) is 7.04. The van der Waals surface area contributed by atoms with Gasteiger partial charge in [0.2, 0.25) is 0 Å². The van der Waals surface area contributed by atoms with Crippen LogP contribution in [-0.4, -0.2) is 35.5 Å². The molecule has 0 saturated carbocycles. The molecule has 0 fully saturated rings. The van der Waals surface area contributed by atoms with Crippen molar-refractivity contribution in [1.29, 1.82) is 0 Å². The van der Waals surface area contributed by atoms with Crippen LogP contribution in [0.15, 0.2) is 59.5 Å². The number of hydrogen-bond donors (Lipinski definition) is 1. The van der Waals surface area contributed by atoms with Crippen LogP contribution in [0, 0.1) is 5.82 Å². The zero-order chi connectivity index (χ0) is 14.9. The van der Waals surface area contributed by atoms with Crippen LogP contribution in [0.5, 0.6) is 0 Å². The molecule has 0 aliphatic heterocycles. The molecule has 1 N–H and O–H groups in total. The first-order chi connectivity index (χ1) is 10.3. The molecule has 0 heterocycles. The van der Waals surface area contributed by atoms with Crippen molar-refractivity contribution in [1.82, 2.24) is 4.90 Å². The highest BCUT2D eigenvalue weighted by Crippen LogP contribution is 2.21. The lowest BCUT2D eigenvalue weighted by Crippen LogP contribution is -2.28. The lowest BCUT2D eigenvalue weighted by molar-refractivity contribution is 0.198. The maximum Gasteiger partial charge on any atom is 0.136 e. The largest absolute Gasteiger partial charge is 0.395 e. The third kappa shape index (κ3) is 5.50. The van der Waals surface area contributed by atoms with Crippen LogP contribution in [0.4, 0.5) is 4.39 Å². The van der Waals surface area contributed by atoms with E-state index in [1.165, 1.54) is 23.4 Å². The summed E-state index contributed by atoms with van der Waals surface area (Å²) in [6.07, 6.45) is 0. The highest BCUT2D eigenvalue weighted by molar-refractivity contribution is 7.99. The summed E-state index contributed by atoms with van der Waals surface area (Å²) in [6.45, 7) is 2.39. The second kappa shape index (κ2) is 8.82. The minimum atomic E-state index is -0.167. The molecular formula is C17H20FNOS. The Bertz CT molecular complexity index is 535. The molecule has 0 unspecified atom stereocenters. The van der Waals surface area contributed by atoms with E-state index < -0.39 is 0 Å². The molecule has 0 bridgehead atoms. The molecule has 112 valence electrons. The average molecular weight is 305 g/mol. The van der Waals surface area contributed by atoms with Crippen LogP contribution in [-0.2, 0) is 6.54 Å². The average Bonchev–Trinajstić information content (AvgIpc) is 2.50. The van der Waals surface area contributed by atoms with Crippen LogP contribution in [0.3, 0.4) is 0 Å². The Hall–Kier alpha value is -1.36. The molecule has 2 rings (SSSR count). The fourth-order valence-electron chi connectivity index (χ4n) is 2.10. The molecule has 2 nitrogen and oxygen atoms in total. The Labute approximate surface area is 129 Å². The summed E-state index contributed by atoms with van der Waals surface area (Å²) in [4.78, 5) is 2.87. The second-order valence-electron chi connectivity index (χ2n) is 4.76. The van der Waals surface area contributed by atoms with Crippen LogP contribution in [0.25, 0.3) is 0 Å². The first kappa shape index (κ1) is 16.0. The van der Waals surface area contributed by atoms with E-state index in [9.17, 15) is 4.39 Å². The third-order valence-electron chi connectivity index (χ3n) is 3.17. The van der Waals surface area contributed by atoms with Gasteiger partial charge in [0.15, 0.2) is 0 Å². The maximum absolute atomic E-state index is 13.5. The Kier molecular flexibility index (Phi) is 6.73. The molecule has 2 aromatic carbocycles. The van der Waals surface area contributed by atoms with Gasteiger partial charge in [-0.1, -0.05) is 42.5 Å². The van der Waals surface area contributed by atoms with Crippen molar-refractivity contribution < 1.29 is 9.50 Å². The van der Waals surface area contributed by atoms with Crippen molar-refractivity contribution in [3.8, 4) is 0 Å². The van der Waals surface area contributed by atoms with Crippen molar-refractivity contribution in [3.05, 3.63) is 66.0 Å². The van der Waals surface area contributed by atoms with Gasteiger partial charge in [-0.2, -0.15) is 0 Å². The van der Waals surface area contributed by atoms with Crippen LogP contribution >= 0.6 is 11.8 Å². The zero-order valence-corrected chi connectivity index (χ0v) is 12.7. The van der Waals surface area contributed by atoms with E-state index in [-0.39, 0.29) is 12.4 Å². The van der Waals surface area contributed by atoms with Crippen LogP contribution < -0.4 is 0 Å². The quantitative estimate of drug-likeness (QED) is 0.756. The number of thioether (sulfide) groups is 1. The summed E-state index contributed by atoms with van der Waals surface area (Å²) in [5.74, 6) is 0.632. The van der Waals surface area contributed by atoms with Gasteiger partial charge in [-0.3, -0.25) is 4.90 Å². The molecule has 0 aromatic heterocycles. The van der Waals surface area contributed by atoms with E-state index in [2.05, 4.69) is 17.0 Å². The topological polar surface area (TPSA) is 23.5 Å². The summed E-state index contributed by atoms with van der Waals surface area (Å²) >= 11 is 1.51. The number of rotatable bonds is 8. The van der Waals surface area contributed by atoms with Crippen LogP contribution in [0.1, 0.15) is 5.56 Å². The fourth-order valence-corrected chi connectivity index (χ4v) is 3.05. The van der Waals surface area contributed by atoms with Crippen molar-refractivity contribution >= 4 is 11.8 Å². The summed E-state index contributed by atoms with van der Waals surface area (Å²) in [5, 5.41) is 9.17. The van der Waals surface area contributed by atoms with E-state index in [0.717, 1.165) is 18.8 Å². The summed E-state index contributed by atoms with van der Waals surface area (Å²) in [5.41, 5.74) is 1.22. The first-order valence-corrected chi connectivity index (χ1v) is 8.02. The molecule has 0 radical (unpaired) electrons. The molecule has 0 saturated heterocycles. The van der Waals surface area contributed by atoms with Gasteiger partial charge in [0, 0.05) is 30.3 Å². The van der Waals surface area contributed by atoms with Crippen molar-refractivity contribution in [2.45, 2.75) is 11.4 Å². The smallest absolute Gasteiger partial charge is 0.136 e. The van der Waals surface area contributed by atoms with E-state index >= 15 is 0 Å². The Balaban J connectivity index is 1.84. The second-order valence-corrected chi connectivity index (χ2v) is 5.90. The minimum absolute atomic E-state index is 0.136. The fraction of sp³-hybridized carbons (Fsp3) is 0.294. The number of aliphatic hydroxyl groups excluding tert-OH is 1. The van der Waals surface area contributed by atoms with E-state index in [1.807, 2.05) is 24.3 Å². The van der Waals surface area contributed by atoms with Gasteiger partial charge in [0.05, 0.1) is 6.61 Å². The number of hydrogen-bond acceptors (Lipinski definition) is 3. The number of benzene rings is 2. The zero-order valence-electron chi connectivity index (χ0n) is 11.9. The van der Waals surface area contributed by atoms with Gasteiger partial charge in [0.25, 0.3) is 0 Å². The molecule has 21 heavy (non-hydrogen) atoms. The highest BCUT2D eigenvalue weighted by atomic mass is 32.2. The SMILES string of the molecule is OCCN(CCSc1ccccc1F)Cc1ccccc1. The van der Waals surface area contributed by atoms with E-state index in [1.54, 1.807) is 12.1 Å². The molecule has 0 spiro atoms. The summed E-state index contributed by atoms with van der Waals surface area (Å²) in [6, 6.07) is 17.0. The van der Waals surface area contributed by atoms with Gasteiger partial charge < -0.3 is 5.11 Å². The number of nitrogens with zero attached hydrogens (tertiary/aromatic N) is 1. The standard InChI is InChI=1S/C17H20FNOS/c18-16-8-4-5-9-17(16)21-13-11-19(10-12-20)14-15-6-2-1-3-7-15/h1-9,20H,10-14H2. The van der Waals surface area contributed by atoms with Gasteiger partial charge in [0.1, 0.15) is 5.82 Å².